The van der Waals surface area contributed by atoms with Crippen molar-refractivity contribution in [3.8, 4) is 0 Å². The van der Waals surface area contributed by atoms with Crippen molar-refractivity contribution in [2.24, 2.45) is 11.8 Å². The van der Waals surface area contributed by atoms with Gasteiger partial charge < -0.3 is 24.4 Å². The lowest BCUT2D eigenvalue weighted by molar-refractivity contribution is -0.155. The molecule has 208 valence electrons. The number of hydrogen-bond acceptors (Lipinski definition) is 6. The smallest absolute Gasteiger partial charge is 0.312 e. The summed E-state index contributed by atoms with van der Waals surface area (Å²) >= 11 is 0. The largest absolute Gasteiger partial charge is 0.465 e. The minimum absolute atomic E-state index is 0.00720. The number of hydrogen-bond donors (Lipinski definition) is 1. The molecule has 1 N–H and O–H groups in total. The molecule has 0 radical (unpaired) electrons. The number of esters is 1. The van der Waals surface area contributed by atoms with Crippen LogP contribution < -0.4 is 0 Å². The van der Waals surface area contributed by atoms with Gasteiger partial charge in [0.15, 0.2) is 0 Å². The summed E-state index contributed by atoms with van der Waals surface area (Å²) < 4.78 is 12.1. The summed E-state index contributed by atoms with van der Waals surface area (Å²) in [7, 11) is 0. The van der Waals surface area contributed by atoms with Gasteiger partial charge in [0.05, 0.1) is 24.5 Å². The van der Waals surface area contributed by atoms with Crippen molar-refractivity contribution in [1.29, 1.82) is 0 Å². The number of amides is 2. The first-order valence-corrected chi connectivity index (χ1v) is 14.2. The summed E-state index contributed by atoms with van der Waals surface area (Å²) in [6.07, 6.45) is 10.7. The standard InChI is InChI=1S/C29H46N2O6/c1-5-8-9-13-20-36-28(35)23-22-15-16-29(37-22)24(23)26(33)31(18-11-10-12-19-32)25(29)27(34)30(17-7-3)21(4)14-6-2/h5,7,21-25,32H,1,3,6,8-20H2,2,4H3/t21?,22-,23+,24+,25?,29?/m1/s1. The van der Waals surface area contributed by atoms with Gasteiger partial charge in [0.1, 0.15) is 11.6 Å². The van der Waals surface area contributed by atoms with Crippen LogP contribution >= 0.6 is 0 Å². The number of carbonyl (C=O) groups is 3. The van der Waals surface area contributed by atoms with Gasteiger partial charge in [-0.15, -0.1) is 13.2 Å². The maximum Gasteiger partial charge on any atom is 0.312 e. The van der Waals surface area contributed by atoms with E-state index in [0.717, 1.165) is 38.5 Å². The van der Waals surface area contributed by atoms with Crippen LogP contribution in [0.15, 0.2) is 25.3 Å². The summed E-state index contributed by atoms with van der Waals surface area (Å²) in [4.78, 5) is 44.9. The van der Waals surface area contributed by atoms with Crippen molar-refractivity contribution in [2.45, 2.75) is 102 Å². The number of ether oxygens (including phenoxy) is 2. The van der Waals surface area contributed by atoms with Crippen LogP contribution in [-0.4, -0.2) is 82.8 Å². The van der Waals surface area contributed by atoms with E-state index in [1.807, 2.05) is 17.9 Å². The van der Waals surface area contributed by atoms with Crippen LogP contribution in [-0.2, 0) is 23.9 Å². The second-order valence-corrected chi connectivity index (χ2v) is 10.7. The van der Waals surface area contributed by atoms with Crippen molar-refractivity contribution >= 4 is 17.8 Å². The minimum atomic E-state index is -1.01. The van der Waals surface area contributed by atoms with Crippen molar-refractivity contribution in [2.75, 3.05) is 26.3 Å². The van der Waals surface area contributed by atoms with E-state index in [9.17, 15) is 19.5 Å². The van der Waals surface area contributed by atoms with E-state index < -0.39 is 29.6 Å². The van der Waals surface area contributed by atoms with E-state index in [1.165, 1.54) is 0 Å². The third-order valence-electron chi connectivity index (χ3n) is 8.26. The molecule has 3 aliphatic heterocycles. The Morgan fingerprint density at radius 3 is 2.70 bits per heavy atom. The molecule has 1 spiro atoms. The highest BCUT2D eigenvalue weighted by Gasteiger charge is 2.75. The third kappa shape index (κ3) is 5.95. The molecule has 0 saturated carbocycles. The van der Waals surface area contributed by atoms with Gasteiger partial charge in [0.25, 0.3) is 0 Å². The molecular formula is C29H46N2O6. The summed E-state index contributed by atoms with van der Waals surface area (Å²) in [5.41, 5.74) is -1.01. The Bertz CT molecular complexity index is 831. The zero-order chi connectivity index (χ0) is 27.0. The lowest BCUT2D eigenvalue weighted by Crippen LogP contribution is -2.57. The second-order valence-electron chi connectivity index (χ2n) is 10.7. The fraction of sp³-hybridized carbons (Fsp3) is 0.759. The second kappa shape index (κ2) is 13.6. The highest BCUT2D eigenvalue weighted by atomic mass is 16.6. The monoisotopic (exact) mass is 518 g/mol. The Morgan fingerprint density at radius 2 is 2.03 bits per heavy atom. The maximum absolute atomic E-state index is 14.2. The Morgan fingerprint density at radius 1 is 1.24 bits per heavy atom. The highest BCUT2D eigenvalue weighted by Crippen LogP contribution is 2.58. The maximum atomic E-state index is 14.2. The van der Waals surface area contributed by atoms with E-state index in [0.29, 0.717) is 45.4 Å². The van der Waals surface area contributed by atoms with Crippen molar-refractivity contribution in [3.05, 3.63) is 25.3 Å². The minimum Gasteiger partial charge on any atom is -0.465 e. The van der Waals surface area contributed by atoms with Gasteiger partial charge in [0.2, 0.25) is 11.8 Å². The average Bonchev–Trinajstić information content (AvgIpc) is 3.52. The van der Waals surface area contributed by atoms with Crippen molar-refractivity contribution < 1.29 is 29.0 Å². The molecule has 2 bridgehead atoms. The van der Waals surface area contributed by atoms with Crippen molar-refractivity contribution in [3.63, 3.8) is 0 Å². The van der Waals surface area contributed by atoms with Crippen LogP contribution in [0.3, 0.4) is 0 Å². The molecule has 6 atom stereocenters. The first-order chi connectivity index (χ1) is 17.9. The molecular weight excluding hydrogens is 472 g/mol. The van der Waals surface area contributed by atoms with Crippen LogP contribution in [0, 0.1) is 11.8 Å². The van der Waals surface area contributed by atoms with Gasteiger partial charge in [-0.25, -0.2) is 0 Å². The number of fused-ring (bicyclic) bond motifs is 1. The molecule has 0 aromatic carbocycles. The van der Waals surface area contributed by atoms with Crippen LogP contribution in [0.2, 0.25) is 0 Å². The molecule has 8 heteroatoms. The lowest BCUT2D eigenvalue weighted by Gasteiger charge is -2.39. The van der Waals surface area contributed by atoms with Crippen LogP contribution in [0.4, 0.5) is 0 Å². The number of allylic oxidation sites excluding steroid dienone is 1. The number of likely N-dealkylation sites (tertiary alicyclic amines) is 1. The van der Waals surface area contributed by atoms with Crippen LogP contribution in [0.5, 0.6) is 0 Å². The zero-order valence-electron chi connectivity index (χ0n) is 22.7. The molecule has 3 aliphatic rings. The number of unbranched alkanes of at least 4 members (excludes halogenated alkanes) is 4. The normalized spacial score (nSPS) is 28.7. The number of carbonyl (C=O) groups excluding carboxylic acids is 3. The van der Waals surface area contributed by atoms with Gasteiger partial charge in [-0.3, -0.25) is 14.4 Å². The van der Waals surface area contributed by atoms with Crippen molar-refractivity contribution in [1.82, 2.24) is 9.80 Å². The number of nitrogens with zero attached hydrogens (tertiary/aromatic N) is 2. The Balaban J connectivity index is 1.88. The summed E-state index contributed by atoms with van der Waals surface area (Å²) in [5, 5.41) is 9.20. The number of aliphatic hydroxyl groups is 1. The third-order valence-corrected chi connectivity index (χ3v) is 8.26. The number of aliphatic hydroxyl groups excluding tert-OH is 1. The van der Waals surface area contributed by atoms with Gasteiger partial charge in [0, 0.05) is 25.7 Å². The molecule has 37 heavy (non-hydrogen) atoms. The summed E-state index contributed by atoms with van der Waals surface area (Å²) in [6.45, 7) is 12.9. The fourth-order valence-electron chi connectivity index (χ4n) is 6.53. The lowest BCUT2D eigenvalue weighted by atomic mass is 9.70. The molecule has 3 heterocycles. The van der Waals surface area contributed by atoms with Gasteiger partial charge in [-0.2, -0.15) is 0 Å². The Labute approximate surface area is 222 Å². The van der Waals surface area contributed by atoms with Gasteiger partial charge in [-0.1, -0.05) is 25.5 Å². The summed E-state index contributed by atoms with van der Waals surface area (Å²) in [5.74, 6) is -2.08. The van der Waals surface area contributed by atoms with Crippen LogP contribution in [0.1, 0.15) is 78.1 Å². The van der Waals surface area contributed by atoms with E-state index in [4.69, 9.17) is 9.47 Å². The Hall–Kier alpha value is -2.19. The first kappa shape index (κ1) is 29.4. The molecule has 8 nitrogen and oxygen atoms in total. The Kier molecular flexibility index (Phi) is 10.8. The number of rotatable bonds is 17. The van der Waals surface area contributed by atoms with Crippen LogP contribution in [0.25, 0.3) is 0 Å². The molecule has 3 fully saturated rings. The SMILES string of the molecule is C=CCCCCOC(=O)[C@@H]1[C@H]2C(=O)N(CCCCCO)C(C(=O)N(CC=C)C(C)CCC)C23CC[C@H]1O3. The quantitative estimate of drug-likeness (QED) is 0.179. The van der Waals surface area contributed by atoms with E-state index >= 15 is 0 Å². The first-order valence-electron chi connectivity index (χ1n) is 14.2. The molecule has 3 unspecified atom stereocenters. The van der Waals surface area contributed by atoms with E-state index in [1.54, 1.807) is 11.0 Å². The molecule has 0 aromatic heterocycles. The van der Waals surface area contributed by atoms with Gasteiger partial charge >= 0.3 is 5.97 Å². The molecule has 0 aromatic rings. The zero-order valence-corrected chi connectivity index (χ0v) is 22.7. The molecule has 3 rings (SSSR count). The molecule has 2 amide bonds. The highest BCUT2D eigenvalue weighted by molar-refractivity contribution is 5.98. The molecule has 3 saturated heterocycles. The summed E-state index contributed by atoms with van der Waals surface area (Å²) in [6, 6.07) is -0.777. The average molecular weight is 519 g/mol. The predicted molar refractivity (Wildman–Crippen MR) is 142 cm³/mol. The predicted octanol–water partition coefficient (Wildman–Crippen LogP) is 3.63. The molecule has 0 aliphatic carbocycles. The van der Waals surface area contributed by atoms with E-state index in [2.05, 4.69) is 20.1 Å². The van der Waals surface area contributed by atoms with Gasteiger partial charge in [-0.05, 0) is 64.7 Å². The van der Waals surface area contributed by atoms with E-state index in [-0.39, 0.29) is 30.4 Å². The fourth-order valence-corrected chi connectivity index (χ4v) is 6.53. The topological polar surface area (TPSA) is 96.4 Å².